The Morgan fingerprint density at radius 2 is 2.18 bits per heavy atom. The quantitative estimate of drug-likeness (QED) is 0.933. The van der Waals surface area contributed by atoms with Gasteiger partial charge in [0.05, 0.1) is 18.4 Å². The molecule has 1 N–H and O–H groups in total. The first kappa shape index (κ1) is 13.6. The van der Waals surface area contributed by atoms with Crippen LogP contribution in [-0.2, 0) is 9.63 Å². The Morgan fingerprint density at radius 3 is 3.00 bits per heavy atom. The standard InChI is InChI=1S/C17H20N2O3/c1-10-3-2-4-12-13(7-8-21-16(10)12)18-17(20)15-9-14(19-22-15)11-5-6-11/h2-4,11,13,15H,5-9H2,1H3,(H,18,20). The van der Waals surface area contributed by atoms with Crippen LogP contribution in [0.15, 0.2) is 23.4 Å². The highest BCUT2D eigenvalue weighted by atomic mass is 16.6. The lowest BCUT2D eigenvalue weighted by molar-refractivity contribution is -0.132. The minimum absolute atomic E-state index is 0.00951. The number of amides is 1. The second kappa shape index (κ2) is 5.30. The van der Waals surface area contributed by atoms with E-state index in [9.17, 15) is 4.79 Å². The summed E-state index contributed by atoms with van der Waals surface area (Å²) in [5, 5.41) is 7.19. The van der Waals surface area contributed by atoms with Gasteiger partial charge in [0.2, 0.25) is 6.10 Å². The van der Waals surface area contributed by atoms with E-state index in [0.29, 0.717) is 18.9 Å². The Morgan fingerprint density at radius 1 is 1.32 bits per heavy atom. The molecule has 1 aromatic carbocycles. The molecule has 22 heavy (non-hydrogen) atoms. The molecule has 0 radical (unpaired) electrons. The monoisotopic (exact) mass is 300 g/mol. The van der Waals surface area contributed by atoms with Crippen molar-refractivity contribution in [2.24, 2.45) is 11.1 Å². The smallest absolute Gasteiger partial charge is 0.264 e. The number of nitrogens with zero attached hydrogens (tertiary/aromatic N) is 1. The summed E-state index contributed by atoms with van der Waals surface area (Å²) in [7, 11) is 0. The third-order valence-electron chi connectivity index (χ3n) is 4.62. The Bertz CT molecular complexity index is 637. The molecule has 1 amide bonds. The molecule has 1 aliphatic carbocycles. The van der Waals surface area contributed by atoms with E-state index in [-0.39, 0.29) is 11.9 Å². The molecule has 1 aromatic rings. The maximum absolute atomic E-state index is 12.4. The summed E-state index contributed by atoms with van der Waals surface area (Å²) in [6.45, 7) is 2.65. The van der Waals surface area contributed by atoms with E-state index in [1.165, 1.54) is 12.8 Å². The number of aryl methyl sites for hydroxylation is 1. The van der Waals surface area contributed by atoms with Crippen LogP contribution in [0.5, 0.6) is 5.75 Å². The third-order valence-corrected chi connectivity index (χ3v) is 4.62. The van der Waals surface area contributed by atoms with Gasteiger partial charge in [-0.3, -0.25) is 4.79 Å². The molecular weight excluding hydrogens is 280 g/mol. The van der Waals surface area contributed by atoms with Crippen molar-refractivity contribution in [1.29, 1.82) is 0 Å². The molecule has 116 valence electrons. The van der Waals surface area contributed by atoms with Gasteiger partial charge in [0.15, 0.2) is 0 Å². The molecule has 0 aromatic heterocycles. The van der Waals surface area contributed by atoms with E-state index >= 15 is 0 Å². The van der Waals surface area contributed by atoms with Crippen molar-refractivity contribution in [2.75, 3.05) is 6.61 Å². The van der Waals surface area contributed by atoms with Crippen LogP contribution in [0.3, 0.4) is 0 Å². The van der Waals surface area contributed by atoms with Crippen molar-refractivity contribution >= 4 is 11.6 Å². The first-order valence-corrected chi connectivity index (χ1v) is 7.97. The van der Waals surface area contributed by atoms with Gasteiger partial charge >= 0.3 is 0 Å². The zero-order valence-electron chi connectivity index (χ0n) is 12.7. The van der Waals surface area contributed by atoms with Crippen LogP contribution < -0.4 is 10.1 Å². The molecule has 5 heteroatoms. The third kappa shape index (κ3) is 2.45. The Labute approximate surface area is 129 Å². The molecule has 4 rings (SSSR count). The van der Waals surface area contributed by atoms with Gasteiger partial charge in [-0.2, -0.15) is 0 Å². The van der Waals surface area contributed by atoms with E-state index < -0.39 is 6.10 Å². The topological polar surface area (TPSA) is 59.9 Å². The summed E-state index contributed by atoms with van der Waals surface area (Å²) in [5.74, 6) is 1.39. The number of carbonyl (C=O) groups excluding carboxylic acids is 1. The van der Waals surface area contributed by atoms with Gasteiger partial charge in [-0.25, -0.2) is 0 Å². The Hall–Kier alpha value is -2.04. The highest BCUT2D eigenvalue weighted by molar-refractivity contribution is 5.95. The van der Waals surface area contributed by atoms with Gasteiger partial charge in [0, 0.05) is 24.3 Å². The summed E-state index contributed by atoms with van der Waals surface area (Å²) < 4.78 is 5.74. The molecule has 2 atom stereocenters. The number of oxime groups is 1. The van der Waals surface area contributed by atoms with Crippen molar-refractivity contribution < 1.29 is 14.4 Å². The van der Waals surface area contributed by atoms with Crippen molar-refractivity contribution in [2.45, 2.75) is 44.8 Å². The second-order valence-electron chi connectivity index (χ2n) is 6.35. The number of nitrogens with one attached hydrogen (secondary N) is 1. The van der Waals surface area contributed by atoms with Crippen LogP contribution in [0, 0.1) is 12.8 Å². The van der Waals surface area contributed by atoms with Gasteiger partial charge < -0.3 is 14.9 Å². The van der Waals surface area contributed by atoms with Crippen molar-refractivity contribution in [3.05, 3.63) is 29.3 Å². The van der Waals surface area contributed by atoms with Crippen molar-refractivity contribution in [1.82, 2.24) is 5.32 Å². The predicted octanol–water partition coefficient (Wildman–Crippen LogP) is 2.49. The first-order chi connectivity index (χ1) is 10.7. The van der Waals surface area contributed by atoms with Crippen molar-refractivity contribution in [3.8, 4) is 5.75 Å². The lowest BCUT2D eigenvalue weighted by Gasteiger charge is -2.28. The minimum atomic E-state index is -0.466. The molecule has 3 aliphatic rings. The van der Waals surface area contributed by atoms with Gasteiger partial charge in [0.1, 0.15) is 5.75 Å². The number of fused-ring (bicyclic) bond motifs is 1. The Kier molecular flexibility index (Phi) is 3.28. The molecule has 1 saturated carbocycles. The lowest BCUT2D eigenvalue weighted by Crippen LogP contribution is -2.39. The fourth-order valence-electron chi connectivity index (χ4n) is 3.19. The first-order valence-electron chi connectivity index (χ1n) is 7.97. The molecule has 2 heterocycles. The van der Waals surface area contributed by atoms with E-state index in [1.54, 1.807) is 0 Å². The zero-order valence-corrected chi connectivity index (χ0v) is 12.7. The van der Waals surface area contributed by atoms with Gasteiger partial charge in [-0.1, -0.05) is 23.4 Å². The minimum Gasteiger partial charge on any atom is -0.493 e. The molecule has 0 bridgehead atoms. The van der Waals surface area contributed by atoms with Crippen LogP contribution in [0.4, 0.5) is 0 Å². The highest BCUT2D eigenvalue weighted by Crippen LogP contribution is 2.36. The number of rotatable bonds is 3. The lowest BCUT2D eigenvalue weighted by atomic mass is 9.97. The number of ether oxygens (including phenoxy) is 1. The van der Waals surface area contributed by atoms with Crippen molar-refractivity contribution in [3.63, 3.8) is 0 Å². The van der Waals surface area contributed by atoms with Crippen LogP contribution >= 0.6 is 0 Å². The SMILES string of the molecule is Cc1cccc2c1OCCC2NC(=O)C1CC(C2CC2)=NO1. The fourth-order valence-corrected chi connectivity index (χ4v) is 3.19. The molecule has 2 unspecified atom stereocenters. The molecular formula is C17H20N2O3. The number of carbonyl (C=O) groups is 1. The number of hydrogen-bond donors (Lipinski definition) is 1. The number of para-hydroxylation sites is 1. The maximum Gasteiger partial charge on any atom is 0.264 e. The van der Waals surface area contributed by atoms with E-state index in [1.807, 2.05) is 25.1 Å². The summed E-state index contributed by atoms with van der Waals surface area (Å²) in [4.78, 5) is 17.8. The van der Waals surface area contributed by atoms with E-state index in [0.717, 1.165) is 29.0 Å². The van der Waals surface area contributed by atoms with Crippen LogP contribution in [-0.4, -0.2) is 24.3 Å². The largest absolute Gasteiger partial charge is 0.493 e. The van der Waals surface area contributed by atoms with Crippen LogP contribution in [0.1, 0.15) is 42.9 Å². The maximum atomic E-state index is 12.4. The summed E-state index contributed by atoms with van der Waals surface area (Å²) in [5.41, 5.74) is 3.22. The second-order valence-corrected chi connectivity index (χ2v) is 6.35. The zero-order chi connectivity index (χ0) is 15.1. The summed E-state index contributed by atoms with van der Waals surface area (Å²) >= 11 is 0. The molecule has 5 nitrogen and oxygen atoms in total. The van der Waals surface area contributed by atoms with Gasteiger partial charge in [-0.05, 0) is 25.3 Å². The highest BCUT2D eigenvalue weighted by Gasteiger charge is 2.37. The molecule has 2 aliphatic heterocycles. The normalized spacial score (nSPS) is 26.5. The summed E-state index contributed by atoms with van der Waals surface area (Å²) in [6.07, 6.45) is 3.32. The number of benzene rings is 1. The molecule has 1 fully saturated rings. The average Bonchev–Trinajstić information content (AvgIpc) is 3.25. The van der Waals surface area contributed by atoms with Crippen LogP contribution in [0.25, 0.3) is 0 Å². The van der Waals surface area contributed by atoms with Gasteiger partial charge in [-0.15, -0.1) is 0 Å². The van der Waals surface area contributed by atoms with Gasteiger partial charge in [0.25, 0.3) is 5.91 Å². The summed E-state index contributed by atoms with van der Waals surface area (Å²) in [6, 6.07) is 6.04. The molecule has 0 spiro atoms. The fraction of sp³-hybridized carbons (Fsp3) is 0.529. The van der Waals surface area contributed by atoms with E-state index in [2.05, 4.69) is 10.5 Å². The molecule has 0 saturated heterocycles. The van der Waals surface area contributed by atoms with Crippen LogP contribution in [0.2, 0.25) is 0 Å². The average molecular weight is 300 g/mol. The predicted molar refractivity (Wildman–Crippen MR) is 81.8 cm³/mol. The number of hydrogen-bond acceptors (Lipinski definition) is 4. The Balaban J connectivity index is 1.44. The van der Waals surface area contributed by atoms with E-state index in [4.69, 9.17) is 9.57 Å².